The monoisotopic (exact) mass is 328 g/mol. The summed E-state index contributed by atoms with van der Waals surface area (Å²) in [5, 5.41) is 2.77. The van der Waals surface area contributed by atoms with Gasteiger partial charge in [-0.25, -0.2) is 0 Å². The van der Waals surface area contributed by atoms with E-state index in [1.807, 2.05) is 32.0 Å². The summed E-state index contributed by atoms with van der Waals surface area (Å²) < 4.78 is 11.5. The number of hydrogen-bond donors (Lipinski definition) is 2. The molecule has 1 aromatic heterocycles. The third kappa shape index (κ3) is 3.13. The maximum atomic E-state index is 12.5. The fraction of sp³-hybridized carbons (Fsp3) is 0.333. The Morgan fingerprint density at radius 3 is 2.54 bits per heavy atom. The Hall–Kier alpha value is -2.76. The second-order valence-corrected chi connectivity index (χ2v) is 5.97. The van der Waals surface area contributed by atoms with Crippen LogP contribution in [0, 0.1) is 13.8 Å². The quantitative estimate of drug-likeness (QED) is 0.901. The van der Waals surface area contributed by atoms with Crippen LogP contribution in [0.25, 0.3) is 0 Å². The van der Waals surface area contributed by atoms with Crippen LogP contribution in [0.2, 0.25) is 0 Å². The molecule has 2 atom stereocenters. The molecule has 126 valence electrons. The number of pyridine rings is 1. The number of aromatic nitrogens is 1. The van der Waals surface area contributed by atoms with Gasteiger partial charge < -0.3 is 19.8 Å². The van der Waals surface area contributed by atoms with Crippen LogP contribution in [0.5, 0.6) is 11.5 Å². The summed E-state index contributed by atoms with van der Waals surface area (Å²) in [6.07, 6.45) is -1.18. The Morgan fingerprint density at radius 1 is 1.21 bits per heavy atom. The third-order valence-electron chi connectivity index (χ3n) is 4.03. The van der Waals surface area contributed by atoms with Crippen molar-refractivity contribution >= 4 is 5.91 Å². The normalized spacial score (nSPS) is 19.0. The number of nitrogens with one attached hydrogen (secondary N) is 2. The standard InChI is InChI=1S/C18H20N2O4/c1-10-8-11(2)20-17(21)13(10)9-19-18(22)16-12(3)23-14-6-4-5-7-15(14)24-16/h4-8,12,16H,9H2,1-3H3,(H,19,22)(H,20,21)/t12-,16+/m0/s1. The summed E-state index contributed by atoms with van der Waals surface area (Å²) in [6, 6.07) is 9.11. The summed E-state index contributed by atoms with van der Waals surface area (Å²) in [6.45, 7) is 5.60. The highest BCUT2D eigenvalue weighted by Gasteiger charge is 2.33. The van der Waals surface area contributed by atoms with Crippen LogP contribution in [0.15, 0.2) is 35.1 Å². The fourth-order valence-electron chi connectivity index (χ4n) is 2.78. The molecule has 6 nitrogen and oxygen atoms in total. The van der Waals surface area contributed by atoms with Crippen molar-refractivity contribution < 1.29 is 14.3 Å². The molecule has 1 amide bonds. The van der Waals surface area contributed by atoms with Gasteiger partial charge in [-0.15, -0.1) is 0 Å². The van der Waals surface area contributed by atoms with Gasteiger partial charge in [-0.2, -0.15) is 0 Å². The van der Waals surface area contributed by atoms with Gasteiger partial charge in [0, 0.05) is 17.8 Å². The molecule has 2 N–H and O–H groups in total. The number of amides is 1. The Balaban J connectivity index is 1.71. The van der Waals surface area contributed by atoms with Gasteiger partial charge >= 0.3 is 0 Å². The van der Waals surface area contributed by atoms with Crippen molar-refractivity contribution in [3.63, 3.8) is 0 Å². The van der Waals surface area contributed by atoms with E-state index < -0.39 is 12.2 Å². The zero-order chi connectivity index (χ0) is 17.3. The van der Waals surface area contributed by atoms with Gasteiger partial charge in [-0.1, -0.05) is 12.1 Å². The predicted molar refractivity (Wildman–Crippen MR) is 89.3 cm³/mol. The number of carbonyl (C=O) groups is 1. The molecule has 6 heteroatoms. The summed E-state index contributed by atoms with van der Waals surface area (Å²) in [4.78, 5) is 27.2. The number of ether oxygens (including phenoxy) is 2. The Labute approximate surface area is 139 Å². The summed E-state index contributed by atoms with van der Waals surface area (Å²) in [5.41, 5.74) is 1.99. The molecule has 1 aromatic carbocycles. The minimum absolute atomic E-state index is 0.147. The average Bonchev–Trinajstić information content (AvgIpc) is 2.53. The van der Waals surface area contributed by atoms with Crippen molar-refractivity contribution in [3.05, 3.63) is 57.5 Å². The van der Waals surface area contributed by atoms with Gasteiger partial charge in [0.2, 0.25) is 6.10 Å². The molecule has 0 spiro atoms. The zero-order valence-electron chi connectivity index (χ0n) is 13.9. The number of aryl methyl sites for hydroxylation is 2. The number of para-hydroxylation sites is 2. The maximum Gasteiger partial charge on any atom is 0.265 e. The molecular formula is C18H20N2O4. The van der Waals surface area contributed by atoms with Crippen molar-refractivity contribution in [2.75, 3.05) is 0 Å². The van der Waals surface area contributed by atoms with Crippen LogP contribution in [0.4, 0.5) is 0 Å². The molecule has 0 fully saturated rings. The first-order valence-corrected chi connectivity index (χ1v) is 7.85. The minimum atomic E-state index is -0.760. The van der Waals surface area contributed by atoms with E-state index in [9.17, 15) is 9.59 Å². The highest BCUT2D eigenvalue weighted by molar-refractivity contribution is 5.82. The summed E-state index contributed by atoms with van der Waals surface area (Å²) in [7, 11) is 0. The lowest BCUT2D eigenvalue weighted by atomic mass is 10.1. The molecule has 0 unspecified atom stereocenters. The highest BCUT2D eigenvalue weighted by atomic mass is 16.6. The SMILES string of the molecule is Cc1cc(C)c(CNC(=O)[C@@H]2Oc3ccccc3O[C@H]2C)c(=O)[nH]1. The minimum Gasteiger partial charge on any atom is -0.482 e. The molecule has 1 aliphatic rings. The number of aromatic amines is 1. The van der Waals surface area contributed by atoms with E-state index in [-0.39, 0.29) is 18.0 Å². The van der Waals surface area contributed by atoms with Crippen LogP contribution < -0.4 is 20.3 Å². The van der Waals surface area contributed by atoms with E-state index in [4.69, 9.17) is 9.47 Å². The lowest BCUT2D eigenvalue weighted by Gasteiger charge is -2.31. The molecule has 0 saturated carbocycles. The van der Waals surface area contributed by atoms with Gasteiger partial charge in [0.25, 0.3) is 11.5 Å². The second-order valence-electron chi connectivity index (χ2n) is 5.97. The van der Waals surface area contributed by atoms with Crippen LogP contribution in [-0.2, 0) is 11.3 Å². The van der Waals surface area contributed by atoms with Gasteiger partial charge in [-0.05, 0) is 44.5 Å². The predicted octanol–water partition coefficient (Wildman–Crippen LogP) is 1.84. The first-order chi connectivity index (χ1) is 11.5. The van der Waals surface area contributed by atoms with E-state index in [0.29, 0.717) is 17.1 Å². The summed E-state index contributed by atoms with van der Waals surface area (Å²) >= 11 is 0. The lowest BCUT2D eigenvalue weighted by molar-refractivity contribution is -0.133. The van der Waals surface area contributed by atoms with Crippen LogP contribution in [0.1, 0.15) is 23.7 Å². The smallest absolute Gasteiger partial charge is 0.265 e. The van der Waals surface area contributed by atoms with Gasteiger partial charge in [0.1, 0.15) is 6.10 Å². The molecule has 24 heavy (non-hydrogen) atoms. The van der Waals surface area contributed by atoms with Crippen molar-refractivity contribution in [2.45, 2.75) is 39.5 Å². The lowest BCUT2D eigenvalue weighted by Crippen LogP contribution is -2.49. The molecule has 3 rings (SSSR count). The molecule has 0 radical (unpaired) electrons. The topological polar surface area (TPSA) is 80.4 Å². The largest absolute Gasteiger partial charge is 0.482 e. The van der Waals surface area contributed by atoms with E-state index in [0.717, 1.165) is 11.3 Å². The van der Waals surface area contributed by atoms with Crippen LogP contribution in [0.3, 0.4) is 0 Å². The van der Waals surface area contributed by atoms with Crippen molar-refractivity contribution in [1.82, 2.24) is 10.3 Å². The van der Waals surface area contributed by atoms with Crippen LogP contribution in [-0.4, -0.2) is 23.1 Å². The zero-order valence-corrected chi connectivity index (χ0v) is 13.9. The maximum absolute atomic E-state index is 12.5. The molecule has 0 aliphatic carbocycles. The van der Waals surface area contributed by atoms with Crippen molar-refractivity contribution in [1.29, 1.82) is 0 Å². The number of H-pyrrole nitrogens is 1. The molecule has 0 saturated heterocycles. The average molecular weight is 328 g/mol. The first kappa shape index (κ1) is 16.1. The third-order valence-corrected chi connectivity index (χ3v) is 4.03. The number of benzene rings is 1. The number of hydrogen-bond acceptors (Lipinski definition) is 4. The van der Waals surface area contributed by atoms with Crippen LogP contribution >= 0.6 is 0 Å². The highest BCUT2D eigenvalue weighted by Crippen LogP contribution is 2.33. The van der Waals surface area contributed by atoms with E-state index in [2.05, 4.69) is 10.3 Å². The van der Waals surface area contributed by atoms with Gasteiger partial charge in [0.15, 0.2) is 11.5 Å². The number of carbonyl (C=O) groups excluding carboxylic acids is 1. The van der Waals surface area contributed by atoms with E-state index in [1.165, 1.54) is 0 Å². The second kappa shape index (κ2) is 6.39. The molecular weight excluding hydrogens is 308 g/mol. The van der Waals surface area contributed by atoms with Gasteiger partial charge in [0.05, 0.1) is 0 Å². The fourth-order valence-corrected chi connectivity index (χ4v) is 2.78. The summed E-state index contributed by atoms with van der Waals surface area (Å²) in [5.74, 6) is 0.858. The Kier molecular flexibility index (Phi) is 4.29. The number of rotatable bonds is 3. The molecule has 2 heterocycles. The van der Waals surface area contributed by atoms with Crippen molar-refractivity contribution in [3.8, 4) is 11.5 Å². The van der Waals surface area contributed by atoms with E-state index >= 15 is 0 Å². The first-order valence-electron chi connectivity index (χ1n) is 7.85. The Morgan fingerprint density at radius 2 is 1.88 bits per heavy atom. The molecule has 2 aromatic rings. The molecule has 1 aliphatic heterocycles. The number of fused-ring (bicyclic) bond motifs is 1. The molecule has 0 bridgehead atoms. The van der Waals surface area contributed by atoms with E-state index in [1.54, 1.807) is 19.1 Å². The van der Waals surface area contributed by atoms with Crippen molar-refractivity contribution in [2.24, 2.45) is 0 Å². The van der Waals surface area contributed by atoms with Gasteiger partial charge in [-0.3, -0.25) is 9.59 Å². The Bertz CT molecular complexity index is 828.